The summed E-state index contributed by atoms with van der Waals surface area (Å²) in [7, 11) is 0. The molecule has 0 aliphatic carbocycles. The molecule has 4 rings (SSSR count). The number of ether oxygens (including phenoxy) is 1. The van der Waals surface area contributed by atoms with Crippen LogP contribution in [0.25, 0.3) is 0 Å². The highest BCUT2D eigenvalue weighted by Crippen LogP contribution is 2.25. The molecule has 1 aliphatic rings. The molecule has 1 aliphatic heterocycles. The van der Waals surface area contributed by atoms with Gasteiger partial charge in [-0.15, -0.1) is 0 Å². The van der Waals surface area contributed by atoms with Crippen LogP contribution in [0.5, 0.6) is 5.75 Å². The van der Waals surface area contributed by atoms with Crippen molar-refractivity contribution in [3.05, 3.63) is 101 Å². The first-order valence-electron chi connectivity index (χ1n) is 14.4. The third-order valence-electron chi connectivity index (χ3n) is 7.10. The molecule has 0 radical (unpaired) electrons. The maximum atomic E-state index is 13.7. The van der Waals surface area contributed by atoms with Gasteiger partial charge in [0.2, 0.25) is 11.8 Å². The van der Waals surface area contributed by atoms with E-state index in [2.05, 4.69) is 10.2 Å². The quantitative estimate of drug-likeness (QED) is 0.389. The van der Waals surface area contributed by atoms with E-state index in [0.29, 0.717) is 38.2 Å². The van der Waals surface area contributed by atoms with E-state index in [1.165, 1.54) is 23.1 Å². The van der Waals surface area contributed by atoms with Crippen LogP contribution in [0.15, 0.2) is 72.8 Å². The number of fused-ring (bicyclic) bond motifs is 1. The van der Waals surface area contributed by atoms with Crippen molar-refractivity contribution in [1.82, 2.24) is 15.1 Å². The van der Waals surface area contributed by atoms with Gasteiger partial charge in [0.1, 0.15) is 18.1 Å². The summed E-state index contributed by atoms with van der Waals surface area (Å²) in [5.74, 6) is -1.17. The Morgan fingerprint density at radius 3 is 2.52 bits per heavy atom. The van der Waals surface area contributed by atoms with Gasteiger partial charge < -0.3 is 20.1 Å². The number of benzene rings is 3. The minimum Gasteiger partial charge on any atom is -0.493 e. The number of nitrogens with one attached hydrogen (secondary N) is 1. The lowest BCUT2D eigenvalue weighted by molar-refractivity contribution is -0.144. The van der Waals surface area contributed by atoms with E-state index < -0.39 is 18.3 Å². The zero-order valence-electron chi connectivity index (χ0n) is 23.8. The number of hydrogen-bond donors (Lipinski definition) is 2. The Kier molecular flexibility index (Phi) is 11.5. The number of hydrogen-bond acceptors (Lipinski definition) is 5. The van der Waals surface area contributed by atoms with Gasteiger partial charge in [-0.25, -0.2) is 4.39 Å². The molecule has 3 aromatic carbocycles. The second-order valence-corrected chi connectivity index (χ2v) is 10.6. The van der Waals surface area contributed by atoms with Crippen molar-refractivity contribution in [2.24, 2.45) is 0 Å². The van der Waals surface area contributed by atoms with Gasteiger partial charge in [-0.1, -0.05) is 54.6 Å². The zero-order valence-corrected chi connectivity index (χ0v) is 23.8. The van der Waals surface area contributed by atoms with E-state index in [1.54, 1.807) is 6.07 Å². The van der Waals surface area contributed by atoms with Crippen molar-refractivity contribution in [3.63, 3.8) is 0 Å². The summed E-state index contributed by atoms with van der Waals surface area (Å²) < 4.78 is 19.8. The van der Waals surface area contributed by atoms with Crippen molar-refractivity contribution in [1.29, 1.82) is 0 Å². The van der Waals surface area contributed by atoms with Crippen LogP contribution in [0.3, 0.4) is 0 Å². The molecule has 0 unspecified atom stereocenters. The molecule has 2 N–H and O–H groups in total. The highest BCUT2D eigenvalue weighted by atomic mass is 19.1. The molecule has 1 heterocycles. The van der Waals surface area contributed by atoms with Crippen LogP contribution in [0, 0.1) is 5.82 Å². The highest BCUT2D eigenvalue weighted by Gasteiger charge is 2.19. The predicted molar refractivity (Wildman–Crippen MR) is 157 cm³/mol. The Labute approximate surface area is 246 Å². The van der Waals surface area contributed by atoms with Crippen LogP contribution in [0.1, 0.15) is 47.9 Å². The maximum Gasteiger partial charge on any atom is 0.323 e. The van der Waals surface area contributed by atoms with Crippen molar-refractivity contribution < 1.29 is 28.6 Å². The van der Waals surface area contributed by atoms with Crippen LogP contribution >= 0.6 is 0 Å². The van der Waals surface area contributed by atoms with Crippen LogP contribution in [-0.2, 0) is 40.4 Å². The monoisotopic (exact) mass is 575 g/mol. The lowest BCUT2D eigenvalue weighted by Crippen LogP contribution is -2.37. The highest BCUT2D eigenvalue weighted by molar-refractivity contribution is 5.81. The number of rotatable bonds is 9. The zero-order chi connectivity index (χ0) is 29.7. The topological polar surface area (TPSA) is 99.2 Å². The van der Waals surface area contributed by atoms with E-state index in [1.807, 2.05) is 48.5 Å². The minimum atomic E-state index is -1.13. The molecule has 8 nitrogen and oxygen atoms in total. The van der Waals surface area contributed by atoms with Crippen molar-refractivity contribution >= 4 is 17.8 Å². The first-order chi connectivity index (χ1) is 20.4. The average Bonchev–Trinajstić information content (AvgIpc) is 2.97. The van der Waals surface area contributed by atoms with Gasteiger partial charge in [0.25, 0.3) is 0 Å². The second kappa shape index (κ2) is 15.7. The summed E-state index contributed by atoms with van der Waals surface area (Å²) in [6.45, 7) is 2.05. The summed E-state index contributed by atoms with van der Waals surface area (Å²) >= 11 is 0. The maximum absolute atomic E-state index is 13.7. The third kappa shape index (κ3) is 9.99. The number of carboxylic acids is 1. The first-order valence-corrected chi connectivity index (χ1v) is 14.4. The summed E-state index contributed by atoms with van der Waals surface area (Å²) in [5.41, 5.74) is 3.45. The number of carboxylic acid groups (broad SMARTS) is 1. The molecule has 222 valence electrons. The van der Waals surface area contributed by atoms with Crippen molar-refractivity contribution in [3.8, 4) is 5.75 Å². The number of carbonyl (C=O) groups is 3. The van der Waals surface area contributed by atoms with Gasteiger partial charge in [-0.05, 0) is 60.6 Å². The van der Waals surface area contributed by atoms with Crippen LogP contribution in [-0.4, -0.2) is 58.9 Å². The molecule has 42 heavy (non-hydrogen) atoms. The Morgan fingerprint density at radius 2 is 1.74 bits per heavy atom. The Morgan fingerprint density at radius 1 is 0.929 bits per heavy atom. The Balaban J connectivity index is 1.51. The summed E-state index contributed by atoms with van der Waals surface area (Å²) in [5, 5.41) is 12.4. The molecule has 0 saturated heterocycles. The number of nitrogens with zero attached hydrogens (tertiary/aromatic N) is 2. The summed E-state index contributed by atoms with van der Waals surface area (Å²) in [4.78, 5) is 40.6. The molecule has 0 saturated carbocycles. The van der Waals surface area contributed by atoms with Gasteiger partial charge in [0, 0.05) is 38.2 Å². The molecule has 0 aromatic heterocycles. The normalized spacial score (nSPS) is 14.7. The van der Waals surface area contributed by atoms with Gasteiger partial charge in [0.15, 0.2) is 0 Å². The van der Waals surface area contributed by atoms with E-state index in [4.69, 9.17) is 4.74 Å². The van der Waals surface area contributed by atoms with Crippen LogP contribution in [0.2, 0.25) is 0 Å². The van der Waals surface area contributed by atoms with Crippen molar-refractivity contribution in [2.75, 3.05) is 26.2 Å². The van der Waals surface area contributed by atoms with Crippen molar-refractivity contribution in [2.45, 2.75) is 51.7 Å². The lowest BCUT2D eigenvalue weighted by atomic mass is 10.0. The standard InChI is InChI=1S/C33H38FN3O5/c34-29-11-7-10-27(19-29)21-37(24-33(40)41)32(39)15-13-25-12-14-30-28(18-25)22-36(20-26-8-3-1-4-9-26)23-31(38)35-16-5-2-6-17-42-30/h1,3-4,7-12,14,18-19H,2,5-6,13,15-17,20-24H2,(H,35,38)(H,40,41). The molecular weight excluding hydrogens is 537 g/mol. The fraction of sp³-hybridized carbons (Fsp3) is 0.364. The SMILES string of the molecule is O=C(O)CN(Cc1cccc(F)c1)C(=O)CCc1ccc2c(c1)CN(Cc1ccccc1)CC(=O)NCCCCCO2. The predicted octanol–water partition coefficient (Wildman–Crippen LogP) is 4.55. The Hall–Kier alpha value is -4.24. The third-order valence-corrected chi connectivity index (χ3v) is 7.10. The molecular formula is C33H38FN3O5. The van der Waals surface area contributed by atoms with E-state index in [0.717, 1.165) is 41.7 Å². The molecule has 0 atom stereocenters. The second-order valence-electron chi connectivity index (χ2n) is 10.6. The lowest BCUT2D eigenvalue weighted by Gasteiger charge is -2.24. The number of halogens is 1. The molecule has 0 bridgehead atoms. The van der Waals surface area contributed by atoms with Gasteiger partial charge in [-0.3, -0.25) is 19.3 Å². The number of aliphatic carboxylic acids is 1. The molecule has 0 spiro atoms. The summed E-state index contributed by atoms with van der Waals surface area (Å²) in [6, 6.07) is 21.6. The van der Waals surface area contributed by atoms with Gasteiger partial charge in [-0.2, -0.15) is 0 Å². The van der Waals surface area contributed by atoms with E-state index in [9.17, 15) is 23.9 Å². The largest absolute Gasteiger partial charge is 0.493 e. The molecule has 0 fully saturated rings. The smallest absolute Gasteiger partial charge is 0.323 e. The van der Waals surface area contributed by atoms with E-state index >= 15 is 0 Å². The number of aryl methyl sites for hydroxylation is 1. The summed E-state index contributed by atoms with van der Waals surface area (Å²) in [6.07, 6.45) is 3.21. The van der Waals surface area contributed by atoms with Crippen LogP contribution in [0.4, 0.5) is 4.39 Å². The van der Waals surface area contributed by atoms with Gasteiger partial charge in [0.05, 0.1) is 13.2 Å². The number of carbonyl (C=O) groups excluding carboxylic acids is 2. The number of amides is 2. The molecule has 2 amide bonds. The molecule has 9 heteroatoms. The fourth-order valence-electron chi connectivity index (χ4n) is 5.04. The minimum absolute atomic E-state index is 0.0113. The van der Waals surface area contributed by atoms with Crippen LogP contribution < -0.4 is 10.1 Å². The van der Waals surface area contributed by atoms with E-state index in [-0.39, 0.29) is 31.3 Å². The average molecular weight is 576 g/mol. The Bertz CT molecular complexity index is 1350. The van der Waals surface area contributed by atoms with Gasteiger partial charge >= 0.3 is 5.97 Å². The fourth-order valence-corrected chi connectivity index (χ4v) is 5.04. The first kappa shape index (κ1) is 30.7. The molecule has 3 aromatic rings.